The van der Waals surface area contributed by atoms with Gasteiger partial charge in [0.2, 0.25) is 11.7 Å². The molecule has 0 aliphatic heterocycles. The summed E-state index contributed by atoms with van der Waals surface area (Å²) in [6.07, 6.45) is 2.59. The van der Waals surface area contributed by atoms with E-state index in [1.54, 1.807) is 48.7 Å². The minimum atomic E-state index is -0.477. The van der Waals surface area contributed by atoms with Crippen molar-refractivity contribution in [1.29, 1.82) is 0 Å². The largest absolute Gasteiger partial charge is 0.464 e. The molecule has 0 fully saturated rings. The maximum absolute atomic E-state index is 13.0. The average molecular weight is 473 g/mol. The van der Waals surface area contributed by atoms with E-state index in [-0.39, 0.29) is 18.1 Å². The fourth-order valence-corrected chi connectivity index (χ4v) is 4.02. The Bertz CT molecular complexity index is 1520. The Kier molecular flexibility index (Phi) is 5.82. The number of carbonyl (C=O) groups is 2. The van der Waals surface area contributed by atoms with Crippen molar-refractivity contribution < 1.29 is 18.4 Å². The summed E-state index contributed by atoms with van der Waals surface area (Å²) in [6, 6.07) is 19.9. The number of aryl methyl sites for hydroxylation is 1. The number of rotatable bonds is 6. The van der Waals surface area contributed by atoms with Gasteiger partial charge in [-0.2, -0.15) is 0 Å². The highest BCUT2D eigenvalue weighted by Gasteiger charge is 2.23. The smallest absolute Gasteiger partial charge is 0.293 e. The lowest BCUT2D eigenvalue weighted by molar-refractivity contribution is -0.115. The Labute approximate surface area is 200 Å². The number of amides is 2. The lowest BCUT2D eigenvalue weighted by Crippen LogP contribution is -2.18. The molecule has 6 nitrogen and oxygen atoms in total. The molecule has 0 bridgehead atoms. The number of nitrogens with one attached hydrogen (secondary N) is 2. The zero-order chi connectivity index (χ0) is 23.7. The Hall–Kier alpha value is -4.03. The van der Waals surface area contributed by atoms with Crippen molar-refractivity contribution in [2.24, 2.45) is 0 Å². The monoisotopic (exact) mass is 472 g/mol. The number of hydrogen-bond acceptors (Lipinski definition) is 4. The molecule has 2 N–H and O–H groups in total. The Morgan fingerprint density at radius 3 is 2.50 bits per heavy atom. The van der Waals surface area contributed by atoms with Crippen LogP contribution in [0.5, 0.6) is 0 Å². The standard InChI is InChI=1S/C27H21ClN2O4/c1-2-16-7-12-22-21(13-16)17(15-33-22)14-24(31)30-25-20-5-3-4-6-23(20)34-26(25)27(32)29-19-10-8-18(28)9-11-19/h3-13,15H,2,14H2,1H3,(H,29,32)(H,30,31). The first-order valence-corrected chi connectivity index (χ1v) is 11.3. The molecule has 3 aromatic carbocycles. The molecule has 2 amide bonds. The van der Waals surface area contributed by atoms with Gasteiger partial charge in [-0.1, -0.05) is 36.7 Å². The van der Waals surface area contributed by atoms with Gasteiger partial charge >= 0.3 is 0 Å². The van der Waals surface area contributed by atoms with Gasteiger partial charge in [0, 0.05) is 27.0 Å². The van der Waals surface area contributed by atoms with E-state index in [1.807, 2.05) is 24.3 Å². The van der Waals surface area contributed by atoms with Gasteiger partial charge in [0.15, 0.2) is 0 Å². The topological polar surface area (TPSA) is 84.5 Å². The SMILES string of the molecule is CCc1ccc2occ(CC(=O)Nc3c(C(=O)Nc4ccc(Cl)cc4)oc4ccccc34)c2c1. The Balaban J connectivity index is 1.43. The first-order valence-electron chi connectivity index (χ1n) is 10.9. The molecule has 5 rings (SSSR count). The van der Waals surface area contributed by atoms with E-state index in [0.717, 1.165) is 28.5 Å². The summed E-state index contributed by atoms with van der Waals surface area (Å²) in [5.41, 5.74) is 4.07. The second kappa shape index (κ2) is 9.08. The molecular weight excluding hydrogens is 452 g/mol. The molecule has 0 saturated carbocycles. The van der Waals surface area contributed by atoms with Crippen molar-refractivity contribution in [2.75, 3.05) is 10.6 Å². The normalized spacial score (nSPS) is 11.1. The van der Waals surface area contributed by atoms with Crippen LogP contribution < -0.4 is 10.6 Å². The predicted octanol–water partition coefficient (Wildman–Crippen LogP) is 6.83. The maximum atomic E-state index is 13.0. The van der Waals surface area contributed by atoms with Crippen LogP contribution in [0.1, 0.15) is 28.6 Å². The first-order chi connectivity index (χ1) is 16.5. The van der Waals surface area contributed by atoms with Gasteiger partial charge in [-0.3, -0.25) is 9.59 Å². The van der Waals surface area contributed by atoms with E-state index < -0.39 is 5.91 Å². The molecule has 2 aromatic heterocycles. The van der Waals surface area contributed by atoms with E-state index in [9.17, 15) is 9.59 Å². The molecule has 7 heteroatoms. The minimum Gasteiger partial charge on any atom is -0.464 e. The summed E-state index contributed by atoms with van der Waals surface area (Å²) in [7, 11) is 0. The highest BCUT2D eigenvalue weighted by atomic mass is 35.5. The minimum absolute atomic E-state index is 0.0230. The number of furan rings is 2. The summed E-state index contributed by atoms with van der Waals surface area (Å²) in [6.45, 7) is 2.08. The fraction of sp³-hybridized carbons (Fsp3) is 0.111. The molecule has 5 aromatic rings. The van der Waals surface area contributed by atoms with Crippen LogP contribution >= 0.6 is 11.6 Å². The zero-order valence-electron chi connectivity index (χ0n) is 18.4. The van der Waals surface area contributed by atoms with Crippen LogP contribution in [-0.2, 0) is 17.6 Å². The quantitative estimate of drug-likeness (QED) is 0.283. The number of benzene rings is 3. The van der Waals surface area contributed by atoms with E-state index in [1.165, 1.54) is 0 Å². The molecule has 170 valence electrons. The van der Waals surface area contributed by atoms with E-state index in [4.69, 9.17) is 20.4 Å². The number of anilines is 2. The second-order valence-corrected chi connectivity index (χ2v) is 8.37. The van der Waals surface area contributed by atoms with Gasteiger partial charge in [-0.15, -0.1) is 0 Å². The number of carbonyl (C=O) groups excluding carboxylic acids is 2. The van der Waals surface area contributed by atoms with Crippen molar-refractivity contribution >= 4 is 56.7 Å². The number of para-hydroxylation sites is 1. The third kappa shape index (κ3) is 4.28. The molecular formula is C27H21ClN2O4. The average Bonchev–Trinajstić information content (AvgIpc) is 3.41. The number of halogens is 1. The third-order valence-electron chi connectivity index (χ3n) is 5.65. The number of hydrogen-bond donors (Lipinski definition) is 2. The van der Waals surface area contributed by atoms with Crippen molar-refractivity contribution in [2.45, 2.75) is 19.8 Å². The van der Waals surface area contributed by atoms with Gasteiger partial charge in [0.05, 0.1) is 12.7 Å². The van der Waals surface area contributed by atoms with E-state index in [2.05, 4.69) is 17.6 Å². The molecule has 0 saturated heterocycles. The predicted molar refractivity (Wildman–Crippen MR) is 134 cm³/mol. The van der Waals surface area contributed by atoms with Gasteiger partial charge in [0.25, 0.3) is 5.91 Å². The first kappa shape index (κ1) is 21.8. The van der Waals surface area contributed by atoms with Crippen LogP contribution in [0.15, 0.2) is 81.8 Å². The van der Waals surface area contributed by atoms with E-state index in [0.29, 0.717) is 27.4 Å². The van der Waals surface area contributed by atoms with Gasteiger partial charge in [0.1, 0.15) is 16.9 Å². The summed E-state index contributed by atoms with van der Waals surface area (Å²) in [5, 5.41) is 7.78. The lowest BCUT2D eigenvalue weighted by atomic mass is 10.1. The zero-order valence-corrected chi connectivity index (χ0v) is 19.1. The van der Waals surface area contributed by atoms with Gasteiger partial charge in [-0.05, 0) is 60.5 Å². The molecule has 0 spiro atoms. The molecule has 34 heavy (non-hydrogen) atoms. The van der Waals surface area contributed by atoms with Crippen LogP contribution in [0.2, 0.25) is 5.02 Å². The van der Waals surface area contributed by atoms with Gasteiger partial charge in [-0.25, -0.2) is 0 Å². The molecule has 0 unspecified atom stereocenters. The van der Waals surface area contributed by atoms with Crippen LogP contribution in [0.4, 0.5) is 11.4 Å². The van der Waals surface area contributed by atoms with Gasteiger partial charge < -0.3 is 19.5 Å². The van der Waals surface area contributed by atoms with Crippen molar-refractivity contribution in [3.05, 3.63) is 94.9 Å². The van der Waals surface area contributed by atoms with Crippen LogP contribution in [0.25, 0.3) is 21.9 Å². The van der Waals surface area contributed by atoms with Crippen molar-refractivity contribution in [3.63, 3.8) is 0 Å². The Morgan fingerprint density at radius 2 is 1.71 bits per heavy atom. The van der Waals surface area contributed by atoms with E-state index >= 15 is 0 Å². The molecule has 2 heterocycles. The molecule has 0 aliphatic carbocycles. The third-order valence-corrected chi connectivity index (χ3v) is 5.90. The fourth-order valence-electron chi connectivity index (χ4n) is 3.89. The highest BCUT2D eigenvalue weighted by Crippen LogP contribution is 2.32. The summed E-state index contributed by atoms with van der Waals surface area (Å²) < 4.78 is 11.4. The molecule has 0 atom stereocenters. The maximum Gasteiger partial charge on any atom is 0.293 e. The summed E-state index contributed by atoms with van der Waals surface area (Å²) in [5.74, 6) is -0.735. The molecule has 0 aliphatic rings. The Morgan fingerprint density at radius 1 is 0.912 bits per heavy atom. The summed E-state index contributed by atoms with van der Waals surface area (Å²) in [4.78, 5) is 26.1. The molecule has 0 radical (unpaired) electrons. The number of fused-ring (bicyclic) bond motifs is 2. The van der Waals surface area contributed by atoms with Crippen molar-refractivity contribution in [1.82, 2.24) is 0 Å². The highest BCUT2D eigenvalue weighted by molar-refractivity contribution is 6.30. The summed E-state index contributed by atoms with van der Waals surface area (Å²) >= 11 is 5.93. The lowest BCUT2D eigenvalue weighted by Gasteiger charge is -2.07. The second-order valence-electron chi connectivity index (χ2n) is 7.93. The van der Waals surface area contributed by atoms with Crippen molar-refractivity contribution in [3.8, 4) is 0 Å². The van der Waals surface area contributed by atoms with Crippen LogP contribution in [-0.4, -0.2) is 11.8 Å². The van der Waals surface area contributed by atoms with Crippen LogP contribution in [0.3, 0.4) is 0 Å². The van der Waals surface area contributed by atoms with Crippen LogP contribution in [0, 0.1) is 0 Å².